The molecule has 1 aromatic carbocycles. The van der Waals surface area contributed by atoms with E-state index in [1.165, 1.54) is 6.92 Å². The lowest BCUT2D eigenvalue weighted by Gasteiger charge is -2.25. The first kappa shape index (κ1) is 35.9. The summed E-state index contributed by atoms with van der Waals surface area (Å²) in [5.74, 6) is -6.79. The zero-order valence-corrected chi connectivity index (χ0v) is 25.7. The Morgan fingerprint density at radius 1 is 0.818 bits per heavy atom. The average Bonchev–Trinajstić information content (AvgIpc) is 3.77. The number of hydrogen-bond acceptors (Lipinski definition) is 8. The normalized spacial score (nSPS) is 18.3. The SMILES string of the molecule is CC(C)C(N)C(=O)C1CC1C(=O)NNC(=O)[C@H](CC(=O)O)NC(=O)[C@H](C)NC(=O)[C@@H](NC(=O)CCc1ccccc1)C(C)C. The second kappa shape index (κ2) is 16.5. The van der Waals surface area contributed by atoms with Crippen molar-refractivity contribution >= 4 is 41.3 Å². The van der Waals surface area contributed by atoms with Crippen molar-refractivity contribution in [3.8, 4) is 0 Å². The molecule has 1 aliphatic carbocycles. The number of carbonyl (C=O) groups is 7. The first-order valence-corrected chi connectivity index (χ1v) is 14.7. The topological polar surface area (TPSA) is 226 Å². The minimum atomic E-state index is -1.59. The Kier molecular flexibility index (Phi) is 13.4. The van der Waals surface area contributed by atoms with Gasteiger partial charge in [0.15, 0.2) is 5.78 Å². The quantitative estimate of drug-likeness (QED) is 0.119. The number of Topliss-reactive ketones (excluding diaryl/α,β-unsaturated/α-hetero) is 1. The van der Waals surface area contributed by atoms with Crippen molar-refractivity contribution in [2.45, 2.75) is 84.5 Å². The molecule has 242 valence electrons. The molecule has 1 fully saturated rings. The Bertz CT molecular complexity index is 1220. The van der Waals surface area contributed by atoms with Crippen molar-refractivity contribution < 1.29 is 38.7 Å². The molecule has 1 saturated carbocycles. The number of aliphatic carboxylic acids is 1. The maximum Gasteiger partial charge on any atom is 0.305 e. The monoisotopic (exact) mass is 616 g/mol. The van der Waals surface area contributed by atoms with Crippen LogP contribution in [0.5, 0.6) is 0 Å². The lowest BCUT2D eigenvalue weighted by molar-refractivity contribution is -0.141. The minimum Gasteiger partial charge on any atom is -0.481 e. The maximum atomic E-state index is 12.9. The number of amides is 5. The number of aryl methyl sites for hydroxylation is 1. The fraction of sp³-hybridized carbons (Fsp3) is 0.567. The van der Waals surface area contributed by atoms with Crippen LogP contribution in [-0.2, 0) is 40.0 Å². The summed E-state index contributed by atoms with van der Waals surface area (Å²) >= 11 is 0. The van der Waals surface area contributed by atoms with Gasteiger partial charge in [-0.05, 0) is 37.2 Å². The third-order valence-electron chi connectivity index (χ3n) is 7.36. The van der Waals surface area contributed by atoms with Crippen molar-refractivity contribution in [2.75, 3.05) is 0 Å². The molecule has 1 aliphatic rings. The second-order valence-electron chi connectivity index (χ2n) is 11.8. The van der Waals surface area contributed by atoms with Crippen molar-refractivity contribution in [2.24, 2.45) is 29.4 Å². The summed E-state index contributed by atoms with van der Waals surface area (Å²) in [5, 5.41) is 16.7. The summed E-state index contributed by atoms with van der Waals surface area (Å²) in [6.45, 7) is 8.38. The molecule has 6 atom stereocenters. The van der Waals surface area contributed by atoms with Gasteiger partial charge in [-0.25, -0.2) is 0 Å². The van der Waals surface area contributed by atoms with Crippen LogP contribution in [0.1, 0.15) is 59.4 Å². The van der Waals surface area contributed by atoms with Crippen LogP contribution >= 0.6 is 0 Å². The third-order valence-corrected chi connectivity index (χ3v) is 7.36. The van der Waals surface area contributed by atoms with Gasteiger partial charge in [-0.3, -0.25) is 44.4 Å². The molecule has 14 nitrogen and oxygen atoms in total. The zero-order chi connectivity index (χ0) is 33.1. The van der Waals surface area contributed by atoms with Crippen molar-refractivity contribution in [1.82, 2.24) is 26.8 Å². The molecule has 1 aromatic rings. The smallest absolute Gasteiger partial charge is 0.305 e. The Balaban J connectivity index is 1.90. The van der Waals surface area contributed by atoms with Gasteiger partial charge in [0.05, 0.1) is 18.4 Å². The van der Waals surface area contributed by atoms with Gasteiger partial charge in [0.1, 0.15) is 18.1 Å². The summed E-state index contributed by atoms with van der Waals surface area (Å²) in [7, 11) is 0. The summed E-state index contributed by atoms with van der Waals surface area (Å²) in [5.41, 5.74) is 11.1. The van der Waals surface area contributed by atoms with Crippen LogP contribution in [0.3, 0.4) is 0 Å². The van der Waals surface area contributed by atoms with Crippen molar-refractivity contribution in [3.05, 3.63) is 35.9 Å². The number of carboxylic acid groups (broad SMARTS) is 1. The highest BCUT2D eigenvalue weighted by atomic mass is 16.4. The fourth-order valence-corrected chi connectivity index (χ4v) is 4.41. The van der Waals surface area contributed by atoms with Crippen LogP contribution in [0.15, 0.2) is 30.3 Å². The Morgan fingerprint density at radius 2 is 1.45 bits per heavy atom. The fourth-order valence-electron chi connectivity index (χ4n) is 4.41. The zero-order valence-electron chi connectivity index (χ0n) is 25.7. The van der Waals surface area contributed by atoms with E-state index >= 15 is 0 Å². The number of hydrazine groups is 1. The van der Waals surface area contributed by atoms with E-state index in [0.29, 0.717) is 6.42 Å². The van der Waals surface area contributed by atoms with E-state index in [4.69, 9.17) is 5.73 Å². The predicted octanol–water partition coefficient (Wildman–Crippen LogP) is -0.440. The van der Waals surface area contributed by atoms with Gasteiger partial charge in [-0.1, -0.05) is 58.0 Å². The van der Waals surface area contributed by atoms with Gasteiger partial charge in [-0.15, -0.1) is 0 Å². The van der Waals surface area contributed by atoms with Crippen LogP contribution in [0, 0.1) is 23.7 Å². The molecule has 44 heavy (non-hydrogen) atoms. The second-order valence-corrected chi connectivity index (χ2v) is 11.8. The molecule has 8 N–H and O–H groups in total. The molecule has 0 bridgehead atoms. The van der Waals surface area contributed by atoms with Gasteiger partial charge in [0.2, 0.25) is 23.6 Å². The molecule has 5 amide bonds. The third kappa shape index (κ3) is 11.1. The van der Waals surface area contributed by atoms with E-state index in [-0.39, 0.29) is 36.4 Å². The van der Waals surface area contributed by atoms with Crippen LogP contribution in [0.4, 0.5) is 0 Å². The highest BCUT2D eigenvalue weighted by Gasteiger charge is 2.49. The van der Waals surface area contributed by atoms with E-state index in [9.17, 15) is 38.7 Å². The van der Waals surface area contributed by atoms with Crippen LogP contribution in [-0.4, -0.2) is 70.6 Å². The van der Waals surface area contributed by atoms with Gasteiger partial charge >= 0.3 is 5.97 Å². The highest BCUT2D eigenvalue weighted by Crippen LogP contribution is 2.40. The molecule has 3 unspecified atom stereocenters. The van der Waals surface area contributed by atoms with Gasteiger partial charge in [0.25, 0.3) is 5.91 Å². The lowest BCUT2D eigenvalue weighted by atomic mass is 9.97. The van der Waals surface area contributed by atoms with E-state index in [0.717, 1.165) is 5.56 Å². The number of benzene rings is 1. The first-order valence-electron chi connectivity index (χ1n) is 14.7. The number of rotatable bonds is 16. The van der Waals surface area contributed by atoms with Gasteiger partial charge in [0, 0.05) is 12.3 Å². The Labute approximate surface area is 256 Å². The first-order chi connectivity index (χ1) is 20.6. The number of nitrogens with one attached hydrogen (secondary N) is 5. The summed E-state index contributed by atoms with van der Waals surface area (Å²) < 4.78 is 0. The Hall–Kier alpha value is -4.33. The largest absolute Gasteiger partial charge is 0.481 e. The average molecular weight is 617 g/mol. The molecular formula is C30H44N6O8. The van der Waals surface area contributed by atoms with E-state index < -0.39 is 72.0 Å². The number of ketones is 1. The number of nitrogens with two attached hydrogens (primary N) is 1. The molecule has 0 aromatic heterocycles. The van der Waals surface area contributed by atoms with Crippen LogP contribution in [0.25, 0.3) is 0 Å². The van der Waals surface area contributed by atoms with E-state index in [1.807, 2.05) is 30.3 Å². The standard InChI is InChI=1S/C30H44N6O8/c1-15(2)24(31)26(40)19-13-20(19)28(42)35-36-29(43)21(14-23(38)39)33-27(41)17(5)32-30(44)25(16(3)4)34-22(37)12-11-18-9-7-6-8-10-18/h6-10,15-17,19-21,24-25H,11-14,31H2,1-5H3,(H,32,44)(H,33,41)(H,34,37)(H,35,42)(H,36,43)(H,38,39)/t17-,19?,20?,21-,24?,25-/m0/s1. The van der Waals surface area contributed by atoms with E-state index in [2.05, 4.69) is 26.8 Å². The lowest BCUT2D eigenvalue weighted by Crippen LogP contribution is -2.58. The summed E-state index contributed by atoms with van der Waals surface area (Å²) in [6, 6.07) is 4.92. The molecule has 0 heterocycles. The molecule has 0 spiro atoms. The summed E-state index contributed by atoms with van der Waals surface area (Å²) in [6.07, 6.45) is 0.103. The molecule has 2 rings (SSSR count). The van der Waals surface area contributed by atoms with Crippen molar-refractivity contribution in [1.29, 1.82) is 0 Å². The van der Waals surface area contributed by atoms with Gasteiger partial charge < -0.3 is 26.8 Å². The maximum absolute atomic E-state index is 12.9. The minimum absolute atomic E-state index is 0.0981. The molecular weight excluding hydrogens is 572 g/mol. The van der Waals surface area contributed by atoms with Gasteiger partial charge in [-0.2, -0.15) is 0 Å². The highest BCUT2D eigenvalue weighted by molar-refractivity contribution is 5.98. The number of hydrogen-bond donors (Lipinski definition) is 7. The molecule has 0 saturated heterocycles. The summed E-state index contributed by atoms with van der Waals surface area (Å²) in [4.78, 5) is 87.1. The molecule has 0 aliphatic heterocycles. The van der Waals surface area contributed by atoms with Crippen molar-refractivity contribution in [3.63, 3.8) is 0 Å². The molecule has 0 radical (unpaired) electrons. The van der Waals surface area contributed by atoms with Crippen LogP contribution in [0.2, 0.25) is 0 Å². The predicted molar refractivity (Wildman–Crippen MR) is 159 cm³/mol. The van der Waals surface area contributed by atoms with E-state index in [1.54, 1.807) is 27.7 Å². The molecule has 14 heteroatoms. The number of carbonyl (C=O) groups excluding carboxylic acids is 6. The number of carboxylic acids is 1. The van der Waals surface area contributed by atoms with Crippen LogP contribution < -0.4 is 32.5 Å². The Morgan fingerprint density at radius 3 is 2.02 bits per heavy atom.